The van der Waals surface area contributed by atoms with Crippen molar-refractivity contribution >= 4 is 5.78 Å². The number of aromatic nitrogens is 3. The maximum atomic E-state index is 12.3. The third kappa shape index (κ3) is 3.11. The first-order valence-electron chi connectivity index (χ1n) is 6.91. The summed E-state index contributed by atoms with van der Waals surface area (Å²) >= 11 is 0. The van der Waals surface area contributed by atoms with Crippen LogP contribution in [0, 0.1) is 0 Å². The number of aryl methyl sites for hydroxylation is 2. The molecule has 2 heterocycles. The van der Waals surface area contributed by atoms with Gasteiger partial charge >= 0.3 is 0 Å². The Morgan fingerprint density at radius 3 is 2.75 bits per heavy atom. The Hall–Kier alpha value is -2.01. The smallest absolute Gasteiger partial charge is 0.168 e. The van der Waals surface area contributed by atoms with Crippen LogP contribution < -0.4 is 5.73 Å². The number of nitrogens with two attached hydrogens (primary N) is 1. The van der Waals surface area contributed by atoms with E-state index in [-0.39, 0.29) is 5.78 Å². The summed E-state index contributed by atoms with van der Waals surface area (Å²) in [6.45, 7) is 5.20. The van der Waals surface area contributed by atoms with Crippen LogP contribution >= 0.6 is 0 Å². The van der Waals surface area contributed by atoms with Crippen LogP contribution in [0.4, 0.5) is 0 Å². The van der Waals surface area contributed by atoms with Crippen molar-refractivity contribution < 1.29 is 4.79 Å². The average Bonchev–Trinajstić information content (AvgIpc) is 2.89. The van der Waals surface area contributed by atoms with E-state index in [1.54, 1.807) is 18.3 Å². The molecule has 0 aliphatic carbocycles. The molecule has 5 nitrogen and oxygen atoms in total. The number of ketones is 1. The van der Waals surface area contributed by atoms with Crippen molar-refractivity contribution in [1.29, 1.82) is 0 Å². The Kier molecular flexibility index (Phi) is 4.63. The molecule has 106 valence electrons. The number of carbonyl (C=O) groups is 1. The van der Waals surface area contributed by atoms with Crippen LogP contribution in [0.1, 0.15) is 41.3 Å². The first-order valence-corrected chi connectivity index (χ1v) is 6.91. The molecule has 0 bridgehead atoms. The van der Waals surface area contributed by atoms with Gasteiger partial charge < -0.3 is 5.73 Å². The van der Waals surface area contributed by atoms with E-state index in [1.807, 2.05) is 17.7 Å². The highest BCUT2D eigenvalue weighted by atomic mass is 16.1. The van der Waals surface area contributed by atoms with Gasteiger partial charge in [-0.2, -0.15) is 5.10 Å². The van der Waals surface area contributed by atoms with Crippen molar-refractivity contribution in [3.05, 3.63) is 47.0 Å². The van der Waals surface area contributed by atoms with Crippen LogP contribution in [-0.2, 0) is 25.9 Å². The molecule has 0 atom stereocenters. The van der Waals surface area contributed by atoms with E-state index in [2.05, 4.69) is 17.0 Å². The zero-order valence-electron chi connectivity index (χ0n) is 12.0. The maximum absolute atomic E-state index is 12.3. The summed E-state index contributed by atoms with van der Waals surface area (Å²) < 4.78 is 1.89. The third-order valence-electron chi connectivity index (χ3n) is 3.27. The number of hydrogen-bond acceptors (Lipinski definition) is 4. The molecule has 0 radical (unpaired) electrons. The number of pyridine rings is 1. The van der Waals surface area contributed by atoms with Crippen LogP contribution in [0.5, 0.6) is 0 Å². The van der Waals surface area contributed by atoms with Gasteiger partial charge in [-0.05, 0) is 31.5 Å². The summed E-state index contributed by atoms with van der Waals surface area (Å²) in [5, 5.41) is 4.46. The SMILES string of the molecule is CCc1cc(CC(=O)c2ccnc(CN)c2)n(CC)n1. The summed E-state index contributed by atoms with van der Waals surface area (Å²) in [5.41, 5.74) is 8.92. The lowest BCUT2D eigenvalue weighted by Gasteiger charge is -2.05. The van der Waals surface area contributed by atoms with Crippen molar-refractivity contribution in [2.24, 2.45) is 5.73 Å². The molecule has 0 aliphatic rings. The van der Waals surface area contributed by atoms with E-state index >= 15 is 0 Å². The van der Waals surface area contributed by atoms with E-state index in [4.69, 9.17) is 5.73 Å². The normalized spacial score (nSPS) is 10.8. The van der Waals surface area contributed by atoms with Crippen molar-refractivity contribution in [1.82, 2.24) is 14.8 Å². The van der Waals surface area contributed by atoms with Crippen molar-refractivity contribution in [2.75, 3.05) is 0 Å². The Labute approximate surface area is 118 Å². The standard InChI is InChI=1S/C15H20N4O/c1-3-12-8-14(19(4-2)18-12)9-15(20)11-5-6-17-13(7-11)10-16/h5-8H,3-4,9-10,16H2,1-2H3. The van der Waals surface area contributed by atoms with E-state index in [0.29, 0.717) is 18.5 Å². The van der Waals surface area contributed by atoms with Gasteiger partial charge in [-0.1, -0.05) is 6.92 Å². The van der Waals surface area contributed by atoms with Gasteiger partial charge in [0.15, 0.2) is 5.78 Å². The van der Waals surface area contributed by atoms with Crippen LogP contribution in [0.2, 0.25) is 0 Å². The fraction of sp³-hybridized carbons (Fsp3) is 0.400. The molecule has 0 spiro atoms. The second kappa shape index (κ2) is 6.43. The zero-order valence-corrected chi connectivity index (χ0v) is 12.0. The van der Waals surface area contributed by atoms with Crippen LogP contribution in [0.3, 0.4) is 0 Å². The van der Waals surface area contributed by atoms with Crippen molar-refractivity contribution in [3.63, 3.8) is 0 Å². The van der Waals surface area contributed by atoms with E-state index in [1.165, 1.54) is 0 Å². The van der Waals surface area contributed by atoms with Gasteiger partial charge in [0, 0.05) is 30.5 Å². The number of rotatable bonds is 6. The predicted octanol–water partition coefficient (Wildman–Crippen LogP) is 1.74. The maximum Gasteiger partial charge on any atom is 0.168 e. The number of nitrogens with zero attached hydrogens (tertiary/aromatic N) is 3. The molecular weight excluding hydrogens is 252 g/mol. The highest BCUT2D eigenvalue weighted by molar-refractivity contribution is 5.97. The minimum absolute atomic E-state index is 0.0688. The summed E-state index contributed by atoms with van der Waals surface area (Å²) in [7, 11) is 0. The Morgan fingerprint density at radius 1 is 1.30 bits per heavy atom. The molecule has 0 saturated carbocycles. The van der Waals surface area contributed by atoms with E-state index in [9.17, 15) is 4.79 Å². The van der Waals surface area contributed by atoms with Crippen molar-refractivity contribution in [3.8, 4) is 0 Å². The largest absolute Gasteiger partial charge is 0.325 e. The van der Waals surface area contributed by atoms with Gasteiger partial charge in [0.25, 0.3) is 0 Å². The van der Waals surface area contributed by atoms with E-state index < -0.39 is 0 Å². The highest BCUT2D eigenvalue weighted by Crippen LogP contribution is 2.11. The Bertz CT molecular complexity index is 604. The fourth-order valence-corrected chi connectivity index (χ4v) is 2.13. The molecule has 5 heteroatoms. The average molecular weight is 272 g/mol. The van der Waals surface area contributed by atoms with Crippen LogP contribution in [0.25, 0.3) is 0 Å². The Balaban J connectivity index is 2.20. The molecule has 2 aromatic rings. The second-order valence-electron chi connectivity index (χ2n) is 4.64. The number of carbonyl (C=O) groups excluding carboxylic acids is 1. The monoisotopic (exact) mass is 272 g/mol. The number of hydrogen-bond donors (Lipinski definition) is 1. The molecule has 0 aromatic carbocycles. The summed E-state index contributed by atoms with van der Waals surface area (Å²) in [6.07, 6.45) is 2.86. The molecule has 0 unspecified atom stereocenters. The molecule has 2 N–H and O–H groups in total. The molecule has 0 fully saturated rings. The molecule has 0 amide bonds. The molecule has 2 aromatic heterocycles. The van der Waals surface area contributed by atoms with Gasteiger partial charge in [0.2, 0.25) is 0 Å². The lowest BCUT2D eigenvalue weighted by atomic mass is 10.1. The summed E-state index contributed by atoms with van der Waals surface area (Å²) in [4.78, 5) is 16.4. The lowest BCUT2D eigenvalue weighted by Crippen LogP contribution is -2.11. The van der Waals surface area contributed by atoms with Gasteiger partial charge in [0.1, 0.15) is 0 Å². The minimum Gasteiger partial charge on any atom is -0.325 e. The first-order chi connectivity index (χ1) is 9.67. The van der Waals surface area contributed by atoms with Gasteiger partial charge in [-0.3, -0.25) is 14.5 Å². The predicted molar refractivity (Wildman–Crippen MR) is 77.4 cm³/mol. The van der Waals surface area contributed by atoms with E-state index in [0.717, 1.165) is 30.0 Å². The molecule has 0 saturated heterocycles. The Morgan fingerprint density at radius 2 is 2.10 bits per heavy atom. The summed E-state index contributed by atoms with van der Waals surface area (Å²) in [6, 6.07) is 5.50. The molecule has 20 heavy (non-hydrogen) atoms. The minimum atomic E-state index is 0.0688. The van der Waals surface area contributed by atoms with Crippen molar-refractivity contribution in [2.45, 2.75) is 39.8 Å². The van der Waals surface area contributed by atoms with Crippen LogP contribution in [0.15, 0.2) is 24.4 Å². The number of Topliss-reactive ketones (excluding diaryl/α,β-unsaturated/α-hetero) is 1. The second-order valence-corrected chi connectivity index (χ2v) is 4.64. The third-order valence-corrected chi connectivity index (χ3v) is 3.27. The molecular formula is C15H20N4O. The van der Waals surface area contributed by atoms with Crippen LogP contribution in [-0.4, -0.2) is 20.5 Å². The highest BCUT2D eigenvalue weighted by Gasteiger charge is 2.13. The fourth-order valence-electron chi connectivity index (χ4n) is 2.13. The van der Waals surface area contributed by atoms with Gasteiger partial charge in [-0.15, -0.1) is 0 Å². The first kappa shape index (κ1) is 14.4. The van der Waals surface area contributed by atoms with Gasteiger partial charge in [-0.25, -0.2) is 0 Å². The molecule has 2 rings (SSSR count). The quantitative estimate of drug-likeness (QED) is 0.813. The van der Waals surface area contributed by atoms with Gasteiger partial charge in [0.05, 0.1) is 17.8 Å². The summed E-state index contributed by atoms with van der Waals surface area (Å²) in [5.74, 6) is 0.0688. The lowest BCUT2D eigenvalue weighted by molar-refractivity contribution is 0.0990. The molecule has 0 aliphatic heterocycles. The zero-order chi connectivity index (χ0) is 14.5. The topological polar surface area (TPSA) is 73.8 Å².